The van der Waals surface area contributed by atoms with Gasteiger partial charge in [-0.05, 0) is 20.0 Å². The van der Waals surface area contributed by atoms with Crippen molar-refractivity contribution < 1.29 is 13.5 Å². The maximum atomic E-state index is 11.2. The van der Waals surface area contributed by atoms with Gasteiger partial charge in [-0.15, -0.1) is 0 Å². The Morgan fingerprint density at radius 2 is 2.07 bits per heavy atom. The zero-order valence-corrected chi connectivity index (χ0v) is 9.63. The van der Waals surface area contributed by atoms with E-state index in [1.165, 1.54) is 0 Å². The van der Waals surface area contributed by atoms with Crippen molar-refractivity contribution in [2.45, 2.75) is 31.9 Å². The van der Waals surface area contributed by atoms with E-state index in [1.54, 1.807) is 0 Å². The predicted molar refractivity (Wildman–Crippen MR) is 56.0 cm³/mol. The summed E-state index contributed by atoms with van der Waals surface area (Å²) in [6, 6.07) is -0.202. The molecule has 0 saturated carbocycles. The van der Waals surface area contributed by atoms with Crippen LogP contribution in [0.4, 0.5) is 0 Å². The highest BCUT2D eigenvalue weighted by Crippen LogP contribution is 2.17. The highest BCUT2D eigenvalue weighted by molar-refractivity contribution is 7.91. The van der Waals surface area contributed by atoms with Gasteiger partial charge in [-0.1, -0.05) is 13.3 Å². The van der Waals surface area contributed by atoms with Crippen LogP contribution in [-0.2, 0) is 9.84 Å². The minimum absolute atomic E-state index is 0.0753. The Kier molecular flexibility index (Phi) is 3.92. The summed E-state index contributed by atoms with van der Waals surface area (Å²) in [5, 5.41) is 9.57. The zero-order valence-electron chi connectivity index (χ0n) is 8.81. The van der Waals surface area contributed by atoms with Gasteiger partial charge in [0.15, 0.2) is 9.84 Å². The molecule has 1 N–H and O–H groups in total. The number of sulfone groups is 1. The van der Waals surface area contributed by atoms with E-state index < -0.39 is 15.9 Å². The number of hydrogen-bond donors (Lipinski definition) is 1. The summed E-state index contributed by atoms with van der Waals surface area (Å²) in [4.78, 5) is 1.96. The standard InChI is InChI=1S/C9H19NO3S/c1-3-4-5-10(2)8-6-14(12,13)7-9(8)11/h8-9,11H,3-7H2,1-2H3/t8?,9-/m1/s1. The van der Waals surface area contributed by atoms with E-state index in [-0.39, 0.29) is 17.5 Å². The van der Waals surface area contributed by atoms with Crippen molar-refractivity contribution >= 4 is 9.84 Å². The third-order valence-electron chi connectivity index (χ3n) is 2.72. The van der Waals surface area contributed by atoms with E-state index >= 15 is 0 Å². The van der Waals surface area contributed by atoms with Crippen LogP contribution in [0, 0.1) is 0 Å². The van der Waals surface area contributed by atoms with Gasteiger partial charge < -0.3 is 5.11 Å². The second kappa shape index (κ2) is 4.59. The van der Waals surface area contributed by atoms with Crippen LogP contribution < -0.4 is 0 Å². The number of rotatable bonds is 4. The van der Waals surface area contributed by atoms with Crippen LogP contribution in [-0.4, -0.2) is 55.7 Å². The first-order valence-corrected chi connectivity index (χ1v) is 6.87. The van der Waals surface area contributed by atoms with Gasteiger partial charge >= 0.3 is 0 Å². The first-order valence-electron chi connectivity index (χ1n) is 5.05. The second-order valence-corrected chi connectivity index (χ2v) is 6.20. The molecule has 0 aromatic carbocycles. The predicted octanol–water partition coefficient (Wildman–Crippen LogP) is -0.124. The van der Waals surface area contributed by atoms with Gasteiger partial charge in [0, 0.05) is 0 Å². The molecular weight excluding hydrogens is 202 g/mol. The molecule has 1 unspecified atom stereocenters. The van der Waals surface area contributed by atoms with Crippen LogP contribution >= 0.6 is 0 Å². The third-order valence-corrected chi connectivity index (χ3v) is 4.42. The van der Waals surface area contributed by atoms with Gasteiger partial charge in [-0.2, -0.15) is 0 Å². The van der Waals surface area contributed by atoms with E-state index in [2.05, 4.69) is 6.92 Å². The normalized spacial score (nSPS) is 31.1. The van der Waals surface area contributed by atoms with Crippen molar-refractivity contribution in [1.29, 1.82) is 0 Å². The molecule has 1 aliphatic heterocycles. The Balaban J connectivity index is 2.52. The highest BCUT2D eigenvalue weighted by Gasteiger charge is 2.38. The number of aliphatic hydroxyl groups excluding tert-OH is 1. The van der Waals surface area contributed by atoms with Crippen molar-refractivity contribution in [3.8, 4) is 0 Å². The van der Waals surface area contributed by atoms with E-state index in [9.17, 15) is 13.5 Å². The summed E-state index contributed by atoms with van der Waals surface area (Å²) in [5.74, 6) is 0.0303. The van der Waals surface area contributed by atoms with Gasteiger partial charge in [0.1, 0.15) is 0 Å². The smallest absolute Gasteiger partial charge is 0.154 e. The SMILES string of the molecule is CCCCN(C)C1CS(=O)(=O)C[C@H]1O. The van der Waals surface area contributed by atoms with Gasteiger partial charge in [-0.25, -0.2) is 8.42 Å². The van der Waals surface area contributed by atoms with E-state index in [0.717, 1.165) is 19.4 Å². The molecule has 0 aromatic heterocycles. The van der Waals surface area contributed by atoms with Gasteiger partial charge in [0.2, 0.25) is 0 Å². The van der Waals surface area contributed by atoms with Crippen LogP contribution in [0.3, 0.4) is 0 Å². The summed E-state index contributed by atoms with van der Waals surface area (Å²) in [7, 11) is -1.13. The lowest BCUT2D eigenvalue weighted by Gasteiger charge is -2.25. The molecule has 1 fully saturated rings. The summed E-state index contributed by atoms with van der Waals surface area (Å²) >= 11 is 0. The molecule has 0 amide bonds. The Labute approximate surface area is 85.8 Å². The van der Waals surface area contributed by atoms with Gasteiger partial charge in [-0.3, -0.25) is 4.90 Å². The minimum atomic E-state index is -3.01. The topological polar surface area (TPSA) is 57.6 Å². The zero-order chi connectivity index (χ0) is 10.8. The molecule has 1 aliphatic rings. The molecule has 2 atom stereocenters. The maximum Gasteiger partial charge on any atom is 0.154 e. The summed E-state index contributed by atoms with van der Waals surface area (Å²) in [6.45, 7) is 2.95. The Hall–Kier alpha value is -0.130. The van der Waals surface area contributed by atoms with Crippen molar-refractivity contribution in [3.63, 3.8) is 0 Å². The monoisotopic (exact) mass is 221 g/mol. The number of aliphatic hydroxyl groups is 1. The number of likely N-dealkylation sites (N-methyl/N-ethyl adjacent to an activating group) is 1. The lowest BCUT2D eigenvalue weighted by Crippen LogP contribution is -2.40. The fraction of sp³-hybridized carbons (Fsp3) is 1.00. The Morgan fingerprint density at radius 1 is 1.43 bits per heavy atom. The lowest BCUT2D eigenvalue weighted by atomic mass is 10.2. The fourth-order valence-electron chi connectivity index (χ4n) is 1.80. The molecule has 1 rings (SSSR count). The summed E-state index contributed by atoms with van der Waals surface area (Å²) in [6.07, 6.45) is 1.42. The molecule has 84 valence electrons. The average Bonchev–Trinajstić information content (AvgIpc) is 2.35. The first-order chi connectivity index (χ1) is 6.46. The highest BCUT2D eigenvalue weighted by atomic mass is 32.2. The van der Waals surface area contributed by atoms with Crippen LogP contribution in [0.1, 0.15) is 19.8 Å². The maximum absolute atomic E-state index is 11.2. The van der Waals surface area contributed by atoms with Crippen LogP contribution in [0.2, 0.25) is 0 Å². The largest absolute Gasteiger partial charge is 0.390 e. The van der Waals surface area contributed by atoms with Crippen molar-refractivity contribution in [3.05, 3.63) is 0 Å². The quantitative estimate of drug-likeness (QED) is 0.719. The molecule has 1 heterocycles. The van der Waals surface area contributed by atoms with Crippen LogP contribution in [0.5, 0.6) is 0 Å². The summed E-state index contributed by atoms with van der Waals surface area (Å²) < 4.78 is 22.5. The Morgan fingerprint density at radius 3 is 2.50 bits per heavy atom. The van der Waals surface area contributed by atoms with Gasteiger partial charge in [0.25, 0.3) is 0 Å². The van der Waals surface area contributed by atoms with Crippen molar-refractivity contribution in [2.24, 2.45) is 0 Å². The van der Waals surface area contributed by atoms with Crippen LogP contribution in [0.25, 0.3) is 0 Å². The molecule has 0 bridgehead atoms. The molecule has 0 aliphatic carbocycles. The number of hydrogen-bond acceptors (Lipinski definition) is 4. The van der Waals surface area contributed by atoms with E-state index in [1.807, 2.05) is 11.9 Å². The molecule has 1 saturated heterocycles. The van der Waals surface area contributed by atoms with Crippen molar-refractivity contribution in [1.82, 2.24) is 4.90 Å². The van der Waals surface area contributed by atoms with Crippen LogP contribution in [0.15, 0.2) is 0 Å². The Bertz CT molecular complexity index is 276. The molecule has 14 heavy (non-hydrogen) atoms. The molecule has 4 nitrogen and oxygen atoms in total. The number of nitrogens with zero attached hydrogens (tertiary/aromatic N) is 1. The molecule has 0 aromatic rings. The molecule has 0 spiro atoms. The van der Waals surface area contributed by atoms with E-state index in [4.69, 9.17) is 0 Å². The van der Waals surface area contributed by atoms with Crippen molar-refractivity contribution in [2.75, 3.05) is 25.1 Å². The first kappa shape index (κ1) is 11.9. The summed E-state index contributed by atoms with van der Waals surface area (Å²) in [5.41, 5.74) is 0. The third kappa shape index (κ3) is 2.93. The van der Waals surface area contributed by atoms with Gasteiger partial charge in [0.05, 0.1) is 23.7 Å². The minimum Gasteiger partial charge on any atom is -0.390 e. The number of unbranched alkanes of at least 4 members (excludes halogenated alkanes) is 1. The molecule has 0 radical (unpaired) electrons. The van der Waals surface area contributed by atoms with E-state index in [0.29, 0.717) is 0 Å². The molecular formula is C9H19NO3S. The second-order valence-electron chi connectivity index (χ2n) is 4.05. The molecule has 5 heteroatoms. The fourth-order valence-corrected chi connectivity index (χ4v) is 3.68. The lowest BCUT2D eigenvalue weighted by molar-refractivity contribution is 0.0990. The average molecular weight is 221 g/mol.